The number of aromatic nitrogens is 1. The van der Waals surface area contributed by atoms with Gasteiger partial charge in [-0.2, -0.15) is 0 Å². The highest BCUT2D eigenvalue weighted by Gasteiger charge is 2.07. The van der Waals surface area contributed by atoms with Crippen molar-refractivity contribution in [3.63, 3.8) is 0 Å². The van der Waals surface area contributed by atoms with E-state index >= 15 is 0 Å². The van der Waals surface area contributed by atoms with Gasteiger partial charge in [-0.3, -0.25) is 4.79 Å². The van der Waals surface area contributed by atoms with E-state index < -0.39 is 0 Å². The number of ether oxygens (including phenoxy) is 1. The van der Waals surface area contributed by atoms with Gasteiger partial charge in [0.2, 0.25) is 0 Å². The Morgan fingerprint density at radius 1 is 0.960 bits per heavy atom. The van der Waals surface area contributed by atoms with Crippen LogP contribution in [0.5, 0.6) is 11.5 Å². The van der Waals surface area contributed by atoms with Crippen LogP contribution in [-0.2, 0) is 13.6 Å². The molecule has 0 aliphatic heterocycles. The van der Waals surface area contributed by atoms with Gasteiger partial charge >= 0.3 is 0 Å². The molecular weight excluding hydrogens is 427 g/mol. The number of pyridine rings is 1. The third-order valence-electron chi connectivity index (χ3n) is 3.58. The second-order valence-corrected chi connectivity index (χ2v) is 5.50. The number of hydrogen-bond acceptors (Lipinski definition) is 2. The van der Waals surface area contributed by atoms with Crippen molar-refractivity contribution in [1.29, 1.82) is 0 Å². The van der Waals surface area contributed by atoms with Crippen molar-refractivity contribution in [3.8, 4) is 11.5 Å². The smallest absolute Gasteiger partial charge is 0.251 e. The quantitative estimate of drug-likeness (QED) is 0.451. The average Bonchev–Trinajstić information content (AvgIpc) is 2.62. The van der Waals surface area contributed by atoms with Crippen LogP contribution in [-0.4, -0.2) is 5.91 Å². The number of halogens is 1. The predicted octanol–water partition coefficient (Wildman–Crippen LogP) is 0.237. The molecule has 0 spiro atoms. The van der Waals surface area contributed by atoms with Crippen molar-refractivity contribution < 1.29 is 38.1 Å². The first-order valence-electron chi connectivity index (χ1n) is 7.76. The van der Waals surface area contributed by atoms with Crippen LogP contribution >= 0.6 is 0 Å². The lowest BCUT2D eigenvalue weighted by molar-refractivity contribution is -0.671. The standard InChI is InChI=1S/C20H18N2O2.HI/c1-22-12-10-16(11-13-22)15-21-20(23)17-6-5-9-19(14-17)24-18-7-3-2-4-8-18;/h2-14H,15H2,1H3;1H. The molecule has 4 nitrogen and oxygen atoms in total. The first-order valence-corrected chi connectivity index (χ1v) is 7.76. The van der Waals surface area contributed by atoms with E-state index in [2.05, 4.69) is 5.32 Å². The Morgan fingerprint density at radius 3 is 2.36 bits per heavy atom. The number of para-hydroxylation sites is 1. The van der Waals surface area contributed by atoms with Crippen molar-refractivity contribution in [2.45, 2.75) is 6.54 Å². The number of carbonyl (C=O) groups excluding carboxylic acids is 1. The fraction of sp³-hybridized carbons (Fsp3) is 0.100. The Morgan fingerprint density at radius 2 is 1.64 bits per heavy atom. The molecule has 1 heterocycles. The summed E-state index contributed by atoms with van der Waals surface area (Å²) in [6.45, 7) is 0.490. The molecule has 1 amide bonds. The van der Waals surface area contributed by atoms with Crippen molar-refractivity contribution in [3.05, 3.63) is 90.3 Å². The van der Waals surface area contributed by atoms with Crippen molar-refractivity contribution >= 4 is 5.91 Å². The molecule has 0 radical (unpaired) electrons. The Labute approximate surface area is 164 Å². The molecule has 1 aromatic heterocycles. The van der Waals surface area contributed by atoms with Crippen molar-refractivity contribution in [1.82, 2.24) is 5.32 Å². The molecule has 0 aliphatic carbocycles. The number of benzene rings is 2. The minimum Gasteiger partial charge on any atom is -1.00 e. The number of nitrogens with zero attached hydrogens (tertiary/aromatic N) is 1. The van der Waals surface area contributed by atoms with Gasteiger partial charge in [0.1, 0.15) is 18.5 Å². The van der Waals surface area contributed by atoms with Crippen LogP contribution in [0.4, 0.5) is 0 Å². The highest BCUT2D eigenvalue weighted by molar-refractivity contribution is 5.94. The van der Waals surface area contributed by atoms with E-state index in [4.69, 9.17) is 4.74 Å². The third kappa shape index (κ3) is 5.56. The molecule has 0 saturated heterocycles. The zero-order valence-corrected chi connectivity index (χ0v) is 16.0. The maximum atomic E-state index is 12.3. The minimum absolute atomic E-state index is 0. The fourth-order valence-electron chi connectivity index (χ4n) is 2.26. The van der Waals surface area contributed by atoms with Crippen LogP contribution in [0.2, 0.25) is 0 Å². The fourth-order valence-corrected chi connectivity index (χ4v) is 2.26. The first kappa shape index (κ1) is 18.9. The summed E-state index contributed by atoms with van der Waals surface area (Å²) >= 11 is 0. The monoisotopic (exact) mass is 446 g/mol. The summed E-state index contributed by atoms with van der Waals surface area (Å²) < 4.78 is 7.72. The van der Waals surface area contributed by atoms with Gasteiger partial charge in [0.25, 0.3) is 5.91 Å². The van der Waals surface area contributed by atoms with Gasteiger partial charge < -0.3 is 34.0 Å². The van der Waals surface area contributed by atoms with Gasteiger partial charge in [-0.25, -0.2) is 4.57 Å². The highest BCUT2D eigenvalue weighted by atomic mass is 127. The summed E-state index contributed by atoms with van der Waals surface area (Å²) in [5.41, 5.74) is 1.63. The highest BCUT2D eigenvalue weighted by Crippen LogP contribution is 2.21. The van der Waals surface area contributed by atoms with Crippen molar-refractivity contribution in [2.75, 3.05) is 0 Å². The maximum absolute atomic E-state index is 12.3. The molecule has 5 heteroatoms. The van der Waals surface area contributed by atoms with Gasteiger partial charge in [-0.1, -0.05) is 24.3 Å². The molecule has 128 valence electrons. The lowest BCUT2D eigenvalue weighted by Crippen LogP contribution is -3.00. The first-order chi connectivity index (χ1) is 11.7. The van der Waals surface area contributed by atoms with E-state index in [-0.39, 0.29) is 29.9 Å². The van der Waals surface area contributed by atoms with Crippen LogP contribution in [0.3, 0.4) is 0 Å². The Hall–Kier alpha value is -2.41. The topological polar surface area (TPSA) is 42.2 Å². The molecule has 3 rings (SSSR count). The Kier molecular flexibility index (Phi) is 6.94. The molecule has 3 aromatic rings. The molecule has 0 fully saturated rings. The van der Waals surface area contributed by atoms with E-state index in [0.717, 1.165) is 11.3 Å². The molecule has 0 unspecified atom stereocenters. The summed E-state index contributed by atoms with van der Waals surface area (Å²) in [5, 5.41) is 2.92. The number of rotatable bonds is 5. The Bertz CT molecular complexity index is 821. The molecule has 0 saturated carbocycles. The van der Waals surface area contributed by atoms with Gasteiger partial charge in [0, 0.05) is 24.2 Å². The number of aryl methyl sites for hydroxylation is 1. The van der Waals surface area contributed by atoms with Gasteiger partial charge in [0.15, 0.2) is 12.4 Å². The van der Waals surface area contributed by atoms with E-state index in [9.17, 15) is 4.79 Å². The Balaban J connectivity index is 0.00000225. The number of carbonyl (C=O) groups is 1. The van der Waals surface area contributed by atoms with Crippen LogP contribution in [0.25, 0.3) is 0 Å². The van der Waals surface area contributed by atoms with Crippen LogP contribution in [0.1, 0.15) is 15.9 Å². The predicted molar refractivity (Wildman–Crippen MR) is 91.7 cm³/mol. The van der Waals surface area contributed by atoms with E-state index in [1.165, 1.54) is 0 Å². The summed E-state index contributed by atoms with van der Waals surface area (Å²) in [6.07, 6.45) is 3.91. The second-order valence-electron chi connectivity index (χ2n) is 5.50. The van der Waals surface area contributed by atoms with E-state index in [1.54, 1.807) is 12.1 Å². The molecule has 0 atom stereocenters. The zero-order valence-electron chi connectivity index (χ0n) is 13.9. The van der Waals surface area contributed by atoms with Crippen LogP contribution < -0.4 is 38.6 Å². The second kappa shape index (κ2) is 9.17. The summed E-state index contributed by atoms with van der Waals surface area (Å²) in [6, 6.07) is 20.6. The summed E-state index contributed by atoms with van der Waals surface area (Å²) in [5.74, 6) is 1.26. The van der Waals surface area contributed by atoms with Crippen LogP contribution in [0, 0.1) is 0 Å². The molecular formula is C20H19IN2O2. The molecule has 0 bridgehead atoms. The lowest BCUT2D eigenvalue weighted by Gasteiger charge is -2.08. The molecule has 25 heavy (non-hydrogen) atoms. The van der Waals surface area contributed by atoms with Crippen molar-refractivity contribution in [2.24, 2.45) is 7.05 Å². The normalized spacial score (nSPS) is 9.80. The summed E-state index contributed by atoms with van der Waals surface area (Å²) in [4.78, 5) is 12.3. The number of nitrogens with one attached hydrogen (secondary N) is 1. The van der Waals surface area contributed by atoms with Crippen LogP contribution in [0.15, 0.2) is 79.1 Å². The third-order valence-corrected chi connectivity index (χ3v) is 3.58. The lowest BCUT2D eigenvalue weighted by atomic mass is 10.2. The van der Waals surface area contributed by atoms with Gasteiger partial charge in [-0.15, -0.1) is 0 Å². The number of hydrogen-bond donors (Lipinski definition) is 1. The number of amides is 1. The average molecular weight is 446 g/mol. The van der Waals surface area contributed by atoms with E-state index in [1.807, 2.05) is 78.6 Å². The SMILES string of the molecule is C[n+]1ccc(CNC(=O)c2cccc(Oc3ccccc3)c2)cc1.[I-]. The van der Waals surface area contributed by atoms with Gasteiger partial charge in [0.05, 0.1) is 0 Å². The molecule has 2 aromatic carbocycles. The molecule has 1 N–H and O–H groups in total. The van der Waals surface area contributed by atoms with Gasteiger partial charge in [-0.05, 0) is 35.9 Å². The summed E-state index contributed by atoms with van der Waals surface area (Å²) in [7, 11) is 1.96. The minimum atomic E-state index is -0.123. The largest absolute Gasteiger partial charge is 1.00 e. The zero-order chi connectivity index (χ0) is 16.8. The molecule has 0 aliphatic rings. The van der Waals surface area contributed by atoms with E-state index in [0.29, 0.717) is 17.9 Å². The maximum Gasteiger partial charge on any atom is 0.251 e.